The number of amides is 1. The summed E-state index contributed by atoms with van der Waals surface area (Å²) in [6, 6.07) is 8.04. The Morgan fingerprint density at radius 1 is 1.31 bits per heavy atom. The average molecular weight is 386 g/mol. The zero-order valence-electron chi connectivity index (χ0n) is 13.6. The van der Waals surface area contributed by atoms with E-state index in [9.17, 15) is 23.1 Å². The lowest BCUT2D eigenvalue weighted by atomic mass is 10.0. The molecule has 0 aromatic heterocycles. The zero-order chi connectivity index (χ0) is 19.1. The number of aliphatic hydroxyl groups is 1. The molecule has 0 aliphatic carbocycles. The Morgan fingerprint density at radius 3 is 2.69 bits per heavy atom. The van der Waals surface area contributed by atoms with Crippen LogP contribution >= 0.6 is 11.6 Å². The molecule has 0 fully saturated rings. The number of nitrogens with zero attached hydrogens (tertiary/aromatic N) is 1. The van der Waals surface area contributed by atoms with Gasteiger partial charge in [-0.2, -0.15) is 13.2 Å². The van der Waals surface area contributed by atoms with Crippen LogP contribution in [0.4, 0.5) is 18.9 Å². The number of halogens is 4. The van der Waals surface area contributed by atoms with Crippen LogP contribution in [0.1, 0.15) is 22.8 Å². The van der Waals surface area contributed by atoms with Gasteiger partial charge in [-0.15, -0.1) is 0 Å². The minimum absolute atomic E-state index is 0.0109. The number of fused-ring (bicyclic) bond motifs is 1. The summed E-state index contributed by atoms with van der Waals surface area (Å²) in [5, 5.41) is 10.4. The number of alkyl halides is 3. The van der Waals surface area contributed by atoms with Crippen LogP contribution < -0.4 is 9.64 Å². The van der Waals surface area contributed by atoms with E-state index in [1.165, 1.54) is 30.0 Å². The number of hydrogen-bond donors (Lipinski definition) is 1. The molecule has 2 unspecified atom stereocenters. The van der Waals surface area contributed by atoms with Crippen LogP contribution in [-0.4, -0.2) is 29.8 Å². The Kier molecular flexibility index (Phi) is 4.86. The van der Waals surface area contributed by atoms with Gasteiger partial charge in [0.05, 0.1) is 23.4 Å². The molecular formula is C18H15ClF3NO3. The number of hydrogen-bond acceptors (Lipinski definition) is 3. The van der Waals surface area contributed by atoms with E-state index in [-0.39, 0.29) is 12.2 Å². The van der Waals surface area contributed by atoms with Gasteiger partial charge in [-0.1, -0.05) is 17.7 Å². The molecule has 1 aliphatic rings. The first kappa shape index (κ1) is 18.5. The van der Waals surface area contributed by atoms with Gasteiger partial charge in [0.1, 0.15) is 12.4 Å². The van der Waals surface area contributed by atoms with Crippen molar-refractivity contribution in [1.82, 2.24) is 0 Å². The SMILES string of the molecule is CC(O)C1COc2ccc(Cl)cc2N1C(=O)c1cccc(C(F)(F)F)c1. The lowest BCUT2D eigenvalue weighted by Crippen LogP contribution is -2.52. The summed E-state index contributed by atoms with van der Waals surface area (Å²) in [6.07, 6.45) is -5.52. The van der Waals surface area contributed by atoms with E-state index in [0.717, 1.165) is 12.1 Å². The third-order valence-electron chi connectivity index (χ3n) is 4.13. The second-order valence-electron chi connectivity index (χ2n) is 5.98. The summed E-state index contributed by atoms with van der Waals surface area (Å²) in [5.74, 6) is -0.305. The molecule has 4 nitrogen and oxygen atoms in total. The number of aliphatic hydroxyl groups excluding tert-OH is 1. The molecule has 1 aliphatic heterocycles. The quantitative estimate of drug-likeness (QED) is 0.845. The first-order valence-electron chi connectivity index (χ1n) is 7.79. The summed E-state index contributed by atoms with van der Waals surface area (Å²) in [4.78, 5) is 14.3. The van der Waals surface area contributed by atoms with Crippen LogP contribution in [-0.2, 0) is 6.18 Å². The van der Waals surface area contributed by atoms with Gasteiger partial charge in [0.25, 0.3) is 5.91 Å². The number of ether oxygens (including phenoxy) is 1. The van der Waals surface area contributed by atoms with Gasteiger partial charge in [0.2, 0.25) is 0 Å². The number of carbonyl (C=O) groups excluding carboxylic acids is 1. The Balaban J connectivity index is 2.08. The fourth-order valence-electron chi connectivity index (χ4n) is 2.81. The molecule has 2 aromatic rings. The Labute approximate surface area is 152 Å². The molecule has 0 saturated carbocycles. The summed E-state index contributed by atoms with van der Waals surface area (Å²) < 4.78 is 44.5. The van der Waals surface area contributed by atoms with Crippen molar-refractivity contribution in [2.75, 3.05) is 11.5 Å². The van der Waals surface area contributed by atoms with Crippen molar-refractivity contribution in [2.24, 2.45) is 0 Å². The zero-order valence-corrected chi connectivity index (χ0v) is 14.4. The van der Waals surface area contributed by atoms with Gasteiger partial charge >= 0.3 is 6.18 Å². The first-order valence-corrected chi connectivity index (χ1v) is 8.17. The van der Waals surface area contributed by atoms with Crippen molar-refractivity contribution in [3.8, 4) is 5.75 Å². The van der Waals surface area contributed by atoms with Crippen molar-refractivity contribution in [3.63, 3.8) is 0 Å². The van der Waals surface area contributed by atoms with E-state index in [1.54, 1.807) is 12.1 Å². The molecule has 26 heavy (non-hydrogen) atoms. The third-order valence-corrected chi connectivity index (χ3v) is 4.37. The largest absolute Gasteiger partial charge is 0.489 e. The maximum Gasteiger partial charge on any atom is 0.416 e. The molecule has 1 amide bonds. The number of rotatable bonds is 2. The van der Waals surface area contributed by atoms with E-state index >= 15 is 0 Å². The molecule has 2 aromatic carbocycles. The lowest BCUT2D eigenvalue weighted by molar-refractivity contribution is -0.137. The normalized spacial score (nSPS) is 18.1. The standard InChI is InChI=1S/C18H15ClF3NO3/c1-10(24)15-9-26-16-6-5-13(19)8-14(16)23(15)17(25)11-3-2-4-12(7-11)18(20,21)22/h2-8,10,15,24H,9H2,1H3. The molecule has 1 N–H and O–H groups in total. The molecule has 1 heterocycles. The Hall–Kier alpha value is -2.25. The summed E-state index contributed by atoms with van der Waals surface area (Å²) in [6.45, 7) is 1.49. The fraction of sp³-hybridized carbons (Fsp3) is 0.278. The summed E-state index contributed by atoms with van der Waals surface area (Å²) >= 11 is 6.00. The van der Waals surface area contributed by atoms with E-state index in [1.807, 2.05) is 0 Å². The van der Waals surface area contributed by atoms with Crippen molar-refractivity contribution in [2.45, 2.75) is 25.2 Å². The summed E-state index contributed by atoms with van der Waals surface area (Å²) in [5.41, 5.74) is -0.758. The predicted octanol–water partition coefficient (Wildman–Crippen LogP) is 4.15. The van der Waals surface area contributed by atoms with E-state index in [0.29, 0.717) is 16.5 Å². The van der Waals surface area contributed by atoms with Gasteiger partial charge < -0.3 is 9.84 Å². The van der Waals surface area contributed by atoms with E-state index < -0.39 is 29.8 Å². The van der Waals surface area contributed by atoms with E-state index in [4.69, 9.17) is 16.3 Å². The van der Waals surface area contributed by atoms with Gasteiger partial charge in [-0.05, 0) is 43.3 Å². The molecule has 3 rings (SSSR count). The highest BCUT2D eigenvalue weighted by Crippen LogP contribution is 2.38. The van der Waals surface area contributed by atoms with Gasteiger partial charge in [-0.3, -0.25) is 9.69 Å². The smallest absolute Gasteiger partial charge is 0.416 e. The summed E-state index contributed by atoms with van der Waals surface area (Å²) in [7, 11) is 0. The number of benzene rings is 2. The molecule has 0 bridgehead atoms. The minimum Gasteiger partial charge on any atom is -0.489 e. The topological polar surface area (TPSA) is 49.8 Å². The number of anilines is 1. The molecule has 2 atom stereocenters. The van der Waals surface area contributed by atoms with E-state index in [2.05, 4.69) is 0 Å². The van der Waals surface area contributed by atoms with Crippen LogP contribution in [0, 0.1) is 0 Å². The Morgan fingerprint density at radius 2 is 2.04 bits per heavy atom. The third kappa shape index (κ3) is 3.50. The molecule has 138 valence electrons. The highest BCUT2D eigenvalue weighted by molar-refractivity contribution is 6.31. The van der Waals surface area contributed by atoms with Crippen LogP contribution in [0.3, 0.4) is 0 Å². The second-order valence-corrected chi connectivity index (χ2v) is 6.42. The molecule has 0 radical (unpaired) electrons. The van der Waals surface area contributed by atoms with Crippen molar-refractivity contribution in [3.05, 3.63) is 58.6 Å². The van der Waals surface area contributed by atoms with Crippen LogP contribution in [0.15, 0.2) is 42.5 Å². The second kappa shape index (κ2) is 6.81. The Bertz CT molecular complexity index is 839. The lowest BCUT2D eigenvalue weighted by Gasteiger charge is -2.38. The fourth-order valence-corrected chi connectivity index (χ4v) is 2.98. The van der Waals surface area contributed by atoms with Crippen LogP contribution in [0.5, 0.6) is 5.75 Å². The van der Waals surface area contributed by atoms with Crippen molar-refractivity contribution >= 4 is 23.2 Å². The molecular weight excluding hydrogens is 371 g/mol. The van der Waals surface area contributed by atoms with Gasteiger partial charge in [0.15, 0.2) is 0 Å². The molecule has 0 spiro atoms. The van der Waals surface area contributed by atoms with Crippen LogP contribution in [0.25, 0.3) is 0 Å². The number of carbonyl (C=O) groups is 1. The van der Waals surface area contributed by atoms with Crippen molar-refractivity contribution in [1.29, 1.82) is 0 Å². The highest BCUT2D eigenvalue weighted by Gasteiger charge is 2.37. The highest BCUT2D eigenvalue weighted by atomic mass is 35.5. The monoisotopic (exact) mass is 385 g/mol. The minimum atomic E-state index is -4.56. The van der Waals surface area contributed by atoms with Crippen LogP contribution in [0.2, 0.25) is 5.02 Å². The van der Waals surface area contributed by atoms with Gasteiger partial charge in [0, 0.05) is 10.6 Å². The molecule has 8 heteroatoms. The maximum atomic E-state index is 13.0. The predicted molar refractivity (Wildman–Crippen MR) is 90.7 cm³/mol. The van der Waals surface area contributed by atoms with Gasteiger partial charge in [-0.25, -0.2) is 0 Å². The first-order chi connectivity index (χ1) is 12.2. The average Bonchev–Trinajstić information content (AvgIpc) is 2.59. The maximum absolute atomic E-state index is 13.0. The van der Waals surface area contributed by atoms with Crippen molar-refractivity contribution < 1.29 is 27.8 Å². The molecule has 0 saturated heterocycles.